The second kappa shape index (κ2) is 9.72. The van der Waals surface area contributed by atoms with Gasteiger partial charge in [0, 0.05) is 6.42 Å². The lowest BCUT2D eigenvalue weighted by Crippen LogP contribution is -2.02. The van der Waals surface area contributed by atoms with Crippen molar-refractivity contribution >= 4 is 5.78 Å². The van der Waals surface area contributed by atoms with Gasteiger partial charge in [0.15, 0.2) is 5.78 Å². The Balaban J connectivity index is 2.95. The molecule has 0 unspecified atom stereocenters. The Morgan fingerprint density at radius 1 is 1.00 bits per heavy atom. The summed E-state index contributed by atoms with van der Waals surface area (Å²) in [4.78, 5) is 10.7. The average Bonchev–Trinajstić information content (AvgIpc) is 2.16. The molecule has 0 radical (unpaired) electrons. The van der Waals surface area contributed by atoms with Crippen molar-refractivity contribution in [3.05, 3.63) is 0 Å². The van der Waals surface area contributed by atoms with Crippen LogP contribution in [0.5, 0.6) is 0 Å². The number of aliphatic hydroxyl groups excluding tert-OH is 1. The first-order valence-electron chi connectivity index (χ1n) is 5.43. The number of Topliss-reactive ketones (excluding diaryl/α,β-unsaturated/α-hetero) is 1. The zero-order valence-corrected chi connectivity index (χ0v) is 8.72. The summed E-state index contributed by atoms with van der Waals surface area (Å²) in [5.41, 5.74) is 0. The maximum Gasteiger partial charge on any atom is 0.158 e. The van der Waals surface area contributed by atoms with Crippen LogP contribution in [0.1, 0.15) is 58.3 Å². The summed E-state index contributed by atoms with van der Waals surface area (Å²) < 4.78 is 0. The third-order valence-electron chi connectivity index (χ3n) is 2.24. The number of aliphatic hydroxyl groups is 1. The zero-order valence-electron chi connectivity index (χ0n) is 8.72. The number of carbonyl (C=O) groups is 1. The van der Waals surface area contributed by atoms with Crippen molar-refractivity contribution in [3.63, 3.8) is 0 Å². The number of unbranched alkanes of at least 4 members (excludes halogenated alkanes) is 6. The molecule has 0 aliphatic carbocycles. The fraction of sp³-hybridized carbons (Fsp3) is 0.909. The van der Waals surface area contributed by atoms with Crippen molar-refractivity contribution in [3.8, 4) is 0 Å². The molecule has 0 bridgehead atoms. The molecular weight excluding hydrogens is 164 g/mol. The lowest BCUT2D eigenvalue weighted by Gasteiger charge is -1.99. The molecule has 2 nitrogen and oxygen atoms in total. The molecule has 0 saturated carbocycles. The lowest BCUT2D eigenvalue weighted by atomic mass is 10.1. The summed E-state index contributed by atoms with van der Waals surface area (Å²) in [6.07, 6.45) is 9.11. The van der Waals surface area contributed by atoms with E-state index in [-0.39, 0.29) is 12.4 Å². The standard InChI is InChI=1S/C11H22O2/c1-2-3-4-5-6-7-8-9-11(13)10-12/h12H,2-10H2,1H3. The second-order valence-corrected chi connectivity index (χ2v) is 3.57. The molecule has 0 heterocycles. The monoisotopic (exact) mass is 186 g/mol. The smallest absolute Gasteiger partial charge is 0.158 e. The number of hydrogen-bond donors (Lipinski definition) is 1. The van der Waals surface area contributed by atoms with Gasteiger partial charge in [-0.05, 0) is 6.42 Å². The number of carbonyl (C=O) groups excluding carboxylic acids is 1. The molecule has 1 N–H and O–H groups in total. The van der Waals surface area contributed by atoms with Crippen LogP contribution in [-0.2, 0) is 4.79 Å². The van der Waals surface area contributed by atoms with Gasteiger partial charge in [0.2, 0.25) is 0 Å². The summed E-state index contributed by atoms with van der Waals surface area (Å²) >= 11 is 0. The van der Waals surface area contributed by atoms with E-state index in [0.717, 1.165) is 12.8 Å². The van der Waals surface area contributed by atoms with E-state index in [1.807, 2.05) is 0 Å². The molecule has 0 aromatic rings. The molecule has 78 valence electrons. The summed E-state index contributed by atoms with van der Waals surface area (Å²) in [6, 6.07) is 0. The fourth-order valence-electron chi connectivity index (χ4n) is 1.36. The van der Waals surface area contributed by atoms with Crippen molar-refractivity contribution in [2.75, 3.05) is 6.61 Å². The van der Waals surface area contributed by atoms with Crippen molar-refractivity contribution < 1.29 is 9.90 Å². The predicted octanol–water partition coefficient (Wildman–Crippen LogP) is 2.69. The quantitative estimate of drug-likeness (QED) is 0.562. The molecule has 0 aliphatic rings. The Labute approximate surface area is 81.3 Å². The molecule has 0 saturated heterocycles. The summed E-state index contributed by atoms with van der Waals surface area (Å²) in [7, 11) is 0. The van der Waals surface area contributed by atoms with E-state index in [9.17, 15) is 4.79 Å². The second-order valence-electron chi connectivity index (χ2n) is 3.57. The van der Waals surface area contributed by atoms with Gasteiger partial charge in [-0.25, -0.2) is 0 Å². The van der Waals surface area contributed by atoms with Crippen LogP contribution in [-0.4, -0.2) is 17.5 Å². The minimum atomic E-state index is -0.282. The van der Waals surface area contributed by atoms with Crippen LogP contribution in [0.15, 0.2) is 0 Å². The van der Waals surface area contributed by atoms with Gasteiger partial charge in [-0.3, -0.25) is 4.79 Å². The van der Waals surface area contributed by atoms with Gasteiger partial charge >= 0.3 is 0 Å². The number of hydrogen-bond acceptors (Lipinski definition) is 2. The van der Waals surface area contributed by atoms with Gasteiger partial charge < -0.3 is 5.11 Å². The molecule has 0 rings (SSSR count). The van der Waals surface area contributed by atoms with E-state index in [1.54, 1.807) is 0 Å². The maximum absolute atomic E-state index is 10.7. The highest BCUT2D eigenvalue weighted by molar-refractivity contribution is 5.79. The highest BCUT2D eigenvalue weighted by Crippen LogP contribution is 2.08. The largest absolute Gasteiger partial charge is 0.389 e. The highest BCUT2D eigenvalue weighted by Gasteiger charge is 1.98. The summed E-state index contributed by atoms with van der Waals surface area (Å²) in [5, 5.41) is 8.46. The van der Waals surface area contributed by atoms with Crippen LogP contribution in [0.4, 0.5) is 0 Å². The van der Waals surface area contributed by atoms with E-state index in [4.69, 9.17) is 5.11 Å². The first kappa shape index (κ1) is 12.6. The molecule has 0 atom stereocenters. The number of ketones is 1. The van der Waals surface area contributed by atoms with Crippen LogP contribution in [0.25, 0.3) is 0 Å². The molecule has 0 amide bonds. The van der Waals surface area contributed by atoms with Gasteiger partial charge in [-0.2, -0.15) is 0 Å². The predicted molar refractivity (Wildman–Crippen MR) is 54.7 cm³/mol. The summed E-state index contributed by atoms with van der Waals surface area (Å²) in [6.45, 7) is 1.93. The molecule has 0 aromatic heterocycles. The number of rotatable bonds is 9. The van der Waals surface area contributed by atoms with Crippen molar-refractivity contribution in [1.82, 2.24) is 0 Å². The van der Waals surface area contributed by atoms with Crippen molar-refractivity contribution in [2.24, 2.45) is 0 Å². The van der Waals surface area contributed by atoms with E-state index >= 15 is 0 Å². The molecule has 0 aromatic carbocycles. The van der Waals surface area contributed by atoms with E-state index in [2.05, 4.69) is 6.92 Å². The van der Waals surface area contributed by atoms with Crippen molar-refractivity contribution in [2.45, 2.75) is 58.3 Å². The molecule has 0 spiro atoms. The van der Waals surface area contributed by atoms with Crippen LogP contribution in [0.3, 0.4) is 0 Å². The highest BCUT2D eigenvalue weighted by atomic mass is 16.3. The third-order valence-corrected chi connectivity index (χ3v) is 2.24. The van der Waals surface area contributed by atoms with Crippen LogP contribution in [0, 0.1) is 0 Å². The first-order chi connectivity index (χ1) is 6.31. The minimum Gasteiger partial charge on any atom is -0.389 e. The van der Waals surface area contributed by atoms with Crippen LogP contribution in [0.2, 0.25) is 0 Å². The molecule has 13 heavy (non-hydrogen) atoms. The Hall–Kier alpha value is -0.370. The maximum atomic E-state index is 10.7. The van der Waals surface area contributed by atoms with Gasteiger partial charge in [0.1, 0.15) is 6.61 Å². The van der Waals surface area contributed by atoms with Crippen LogP contribution >= 0.6 is 0 Å². The fourth-order valence-corrected chi connectivity index (χ4v) is 1.36. The average molecular weight is 186 g/mol. The van der Waals surface area contributed by atoms with Gasteiger partial charge in [-0.15, -0.1) is 0 Å². The SMILES string of the molecule is CCCCCCCCCC(=O)CO. The van der Waals surface area contributed by atoms with Crippen molar-refractivity contribution in [1.29, 1.82) is 0 Å². The van der Waals surface area contributed by atoms with Gasteiger partial charge in [-0.1, -0.05) is 45.4 Å². The lowest BCUT2D eigenvalue weighted by molar-refractivity contribution is -0.121. The third kappa shape index (κ3) is 9.54. The van der Waals surface area contributed by atoms with E-state index in [0.29, 0.717) is 6.42 Å². The van der Waals surface area contributed by atoms with Gasteiger partial charge in [0.05, 0.1) is 0 Å². The Morgan fingerprint density at radius 3 is 2.08 bits per heavy atom. The molecule has 0 fully saturated rings. The topological polar surface area (TPSA) is 37.3 Å². The Kier molecular flexibility index (Phi) is 9.44. The minimum absolute atomic E-state index is 0.0199. The first-order valence-corrected chi connectivity index (χ1v) is 5.43. The zero-order chi connectivity index (χ0) is 9.94. The Bertz CT molecular complexity index is 121. The van der Waals surface area contributed by atoms with Gasteiger partial charge in [0.25, 0.3) is 0 Å². The molecule has 0 aliphatic heterocycles. The van der Waals surface area contributed by atoms with E-state index in [1.165, 1.54) is 32.1 Å². The van der Waals surface area contributed by atoms with E-state index < -0.39 is 0 Å². The molecule has 2 heteroatoms. The molecular formula is C11H22O2. The van der Waals surface area contributed by atoms with Crippen LogP contribution < -0.4 is 0 Å². The Morgan fingerprint density at radius 2 is 1.54 bits per heavy atom. The summed E-state index contributed by atoms with van der Waals surface area (Å²) in [5.74, 6) is -0.0199. The normalized spacial score (nSPS) is 10.3.